The second kappa shape index (κ2) is 6.78. The van der Waals surface area contributed by atoms with Gasteiger partial charge in [-0.15, -0.1) is 0 Å². The summed E-state index contributed by atoms with van der Waals surface area (Å²) < 4.78 is 5.69. The molecule has 0 bridgehead atoms. The lowest BCUT2D eigenvalue weighted by Crippen LogP contribution is -1.97. The summed E-state index contributed by atoms with van der Waals surface area (Å²) in [6.45, 7) is 0.390. The highest BCUT2D eigenvalue weighted by Crippen LogP contribution is 2.16. The molecular formula is C17H12N2O. The molecule has 96 valence electrons. The van der Waals surface area contributed by atoms with E-state index in [9.17, 15) is 0 Å². The number of para-hydroxylation sites is 1. The van der Waals surface area contributed by atoms with Crippen LogP contribution >= 0.6 is 0 Å². The predicted octanol–water partition coefficient (Wildman–Crippen LogP) is 3.70. The van der Waals surface area contributed by atoms with Crippen molar-refractivity contribution in [2.75, 3.05) is 0 Å². The molecule has 2 aromatic rings. The summed E-state index contributed by atoms with van der Waals surface area (Å²) in [4.78, 5) is 0. The Kier molecular flexibility index (Phi) is 4.54. The van der Waals surface area contributed by atoms with Gasteiger partial charge in [0.2, 0.25) is 0 Å². The van der Waals surface area contributed by atoms with Crippen LogP contribution in [0.4, 0.5) is 0 Å². The Hall–Kier alpha value is -3.04. The molecule has 0 aliphatic rings. The van der Waals surface area contributed by atoms with Crippen LogP contribution in [0.2, 0.25) is 0 Å². The van der Waals surface area contributed by atoms with E-state index in [1.165, 1.54) is 0 Å². The first kappa shape index (κ1) is 13.4. The van der Waals surface area contributed by atoms with Gasteiger partial charge in [0.05, 0.1) is 0 Å². The van der Waals surface area contributed by atoms with Gasteiger partial charge < -0.3 is 4.74 Å². The van der Waals surface area contributed by atoms with Crippen LogP contribution in [0.25, 0.3) is 6.08 Å². The topological polar surface area (TPSA) is 56.8 Å². The molecular weight excluding hydrogens is 248 g/mol. The van der Waals surface area contributed by atoms with Crippen molar-refractivity contribution >= 4 is 6.08 Å². The maximum atomic E-state index is 8.81. The molecule has 0 spiro atoms. The van der Waals surface area contributed by atoms with Gasteiger partial charge in [0.1, 0.15) is 30.1 Å². The minimum absolute atomic E-state index is 0.0807. The molecule has 0 aliphatic heterocycles. The standard InChI is InChI=1S/C17H12N2O/c18-11-14(12-19)10-15-6-4-5-7-16(15)13-20-17-8-2-1-3-9-17/h1-10H,13H2. The Labute approximate surface area is 118 Å². The third kappa shape index (κ3) is 3.48. The molecule has 0 heterocycles. The van der Waals surface area contributed by atoms with E-state index in [4.69, 9.17) is 15.3 Å². The highest BCUT2D eigenvalue weighted by Gasteiger charge is 2.02. The lowest BCUT2D eigenvalue weighted by Gasteiger charge is -2.08. The quantitative estimate of drug-likeness (QED) is 0.787. The maximum Gasteiger partial charge on any atom is 0.130 e. The number of hydrogen-bond donors (Lipinski definition) is 0. The molecule has 2 rings (SSSR count). The average Bonchev–Trinajstić information content (AvgIpc) is 2.52. The van der Waals surface area contributed by atoms with E-state index in [-0.39, 0.29) is 5.57 Å². The minimum Gasteiger partial charge on any atom is -0.489 e. The Morgan fingerprint density at radius 2 is 1.60 bits per heavy atom. The Balaban J connectivity index is 2.19. The van der Waals surface area contributed by atoms with Gasteiger partial charge in [-0.1, -0.05) is 42.5 Å². The molecule has 0 atom stereocenters. The fourth-order valence-electron chi connectivity index (χ4n) is 1.73. The number of nitriles is 2. The van der Waals surface area contributed by atoms with Crippen molar-refractivity contribution in [3.05, 3.63) is 71.3 Å². The first-order chi connectivity index (χ1) is 9.83. The number of allylic oxidation sites excluding steroid dienone is 1. The van der Waals surface area contributed by atoms with Crippen LogP contribution < -0.4 is 4.74 Å². The molecule has 3 heteroatoms. The molecule has 0 saturated heterocycles. The van der Waals surface area contributed by atoms with Crippen molar-refractivity contribution in [3.8, 4) is 17.9 Å². The van der Waals surface area contributed by atoms with E-state index < -0.39 is 0 Å². The highest BCUT2D eigenvalue weighted by atomic mass is 16.5. The normalized spacial score (nSPS) is 9.10. The first-order valence-electron chi connectivity index (χ1n) is 6.11. The number of rotatable bonds is 4. The van der Waals surface area contributed by atoms with Crippen molar-refractivity contribution < 1.29 is 4.74 Å². The van der Waals surface area contributed by atoms with Crippen molar-refractivity contribution in [2.45, 2.75) is 6.61 Å². The van der Waals surface area contributed by atoms with E-state index in [1.807, 2.05) is 66.7 Å². The molecule has 0 saturated carbocycles. The lowest BCUT2D eigenvalue weighted by atomic mass is 10.1. The molecule has 20 heavy (non-hydrogen) atoms. The number of benzene rings is 2. The summed E-state index contributed by atoms with van der Waals surface area (Å²) in [7, 11) is 0. The smallest absolute Gasteiger partial charge is 0.130 e. The molecule has 0 aromatic heterocycles. The fourth-order valence-corrected chi connectivity index (χ4v) is 1.73. The highest BCUT2D eigenvalue weighted by molar-refractivity contribution is 5.64. The SMILES string of the molecule is N#CC(C#N)=Cc1ccccc1COc1ccccc1. The van der Waals surface area contributed by atoms with Gasteiger partial charge >= 0.3 is 0 Å². The van der Waals surface area contributed by atoms with Crippen LogP contribution in [0.5, 0.6) is 5.75 Å². The monoisotopic (exact) mass is 260 g/mol. The van der Waals surface area contributed by atoms with E-state index in [1.54, 1.807) is 6.08 Å². The maximum absolute atomic E-state index is 8.81. The second-order valence-corrected chi connectivity index (χ2v) is 4.08. The predicted molar refractivity (Wildman–Crippen MR) is 76.4 cm³/mol. The number of ether oxygens (including phenoxy) is 1. The van der Waals surface area contributed by atoms with E-state index in [0.29, 0.717) is 6.61 Å². The van der Waals surface area contributed by atoms with Crippen LogP contribution in [0, 0.1) is 22.7 Å². The minimum atomic E-state index is 0.0807. The zero-order valence-corrected chi connectivity index (χ0v) is 10.8. The summed E-state index contributed by atoms with van der Waals surface area (Å²) in [5, 5.41) is 17.6. The summed E-state index contributed by atoms with van der Waals surface area (Å²) in [6, 6.07) is 20.8. The number of nitrogens with zero attached hydrogens (tertiary/aromatic N) is 2. The van der Waals surface area contributed by atoms with Gasteiger partial charge in [0.15, 0.2) is 0 Å². The third-order valence-electron chi connectivity index (χ3n) is 2.73. The van der Waals surface area contributed by atoms with Gasteiger partial charge in [-0.25, -0.2) is 0 Å². The Morgan fingerprint density at radius 1 is 0.950 bits per heavy atom. The van der Waals surface area contributed by atoms with Crippen molar-refractivity contribution in [1.29, 1.82) is 10.5 Å². The summed E-state index contributed by atoms with van der Waals surface area (Å²) in [6.07, 6.45) is 1.57. The van der Waals surface area contributed by atoms with Gasteiger partial charge in [-0.2, -0.15) is 10.5 Å². The van der Waals surface area contributed by atoms with E-state index in [0.717, 1.165) is 16.9 Å². The van der Waals surface area contributed by atoms with E-state index in [2.05, 4.69) is 0 Å². The van der Waals surface area contributed by atoms with Crippen LogP contribution in [-0.2, 0) is 6.61 Å². The van der Waals surface area contributed by atoms with Crippen LogP contribution in [-0.4, -0.2) is 0 Å². The zero-order chi connectivity index (χ0) is 14.2. The van der Waals surface area contributed by atoms with Crippen molar-refractivity contribution in [3.63, 3.8) is 0 Å². The van der Waals surface area contributed by atoms with Gasteiger partial charge in [0.25, 0.3) is 0 Å². The fraction of sp³-hybridized carbons (Fsp3) is 0.0588. The summed E-state index contributed by atoms with van der Waals surface area (Å²) in [5.74, 6) is 0.784. The Bertz CT molecular complexity index is 675. The first-order valence-corrected chi connectivity index (χ1v) is 6.11. The van der Waals surface area contributed by atoms with Crippen molar-refractivity contribution in [2.24, 2.45) is 0 Å². The van der Waals surface area contributed by atoms with Gasteiger partial charge in [0, 0.05) is 0 Å². The molecule has 2 aromatic carbocycles. The molecule has 0 unspecified atom stereocenters. The van der Waals surface area contributed by atoms with Crippen LogP contribution in [0.15, 0.2) is 60.2 Å². The van der Waals surface area contributed by atoms with Crippen molar-refractivity contribution in [1.82, 2.24) is 0 Å². The zero-order valence-electron chi connectivity index (χ0n) is 10.8. The van der Waals surface area contributed by atoms with E-state index >= 15 is 0 Å². The summed E-state index contributed by atoms with van der Waals surface area (Å²) >= 11 is 0. The molecule has 0 amide bonds. The molecule has 3 nitrogen and oxygen atoms in total. The number of hydrogen-bond acceptors (Lipinski definition) is 3. The summed E-state index contributed by atoms with van der Waals surface area (Å²) in [5.41, 5.74) is 1.83. The Morgan fingerprint density at radius 3 is 2.30 bits per heavy atom. The van der Waals surface area contributed by atoms with Crippen LogP contribution in [0.3, 0.4) is 0 Å². The lowest BCUT2D eigenvalue weighted by molar-refractivity contribution is 0.306. The molecule has 0 aliphatic carbocycles. The molecule has 0 radical (unpaired) electrons. The van der Waals surface area contributed by atoms with Gasteiger partial charge in [-0.3, -0.25) is 0 Å². The average molecular weight is 260 g/mol. The molecule has 0 fully saturated rings. The van der Waals surface area contributed by atoms with Crippen LogP contribution in [0.1, 0.15) is 11.1 Å². The third-order valence-corrected chi connectivity index (χ3v) is 2.73. The van der Waals surface area contributed by atoms with Gasteiger partial charge in [-0.05, 0) is 29.3 Å². The molecule has 0 N–H and O–H groups in total. The largest absolute Gasteiger partial charge is 0.489 e. The second-order valence-electron chi connectivity index (χ2n) is 4.08.